The molecule has 0 aliphatic rings. The zero-order valence-corrected chi connectivity index (χ0v) is 9.25. The number of hydrogen-bond donors (Lipinski definition) is 1. The van der Waals surface area contributed by atoms with E-state index < -0.39 is 34.6 Å². The molecule has 4 nitrogen and oxygen atoms in total. The van der Waals surface area contributed by atoms with E-state index in [0.29, 0.717) is 0 Å². The molecule has 0 unspecified atom stereocenters. The summed E-state index contributed by atoms with van der Waals surface area (Å²) in [5.74, 6) is -2.89. The van der Waals surface area contributed by atoms with Gasteiger partial charge in [-0.3, -0.25) is 15.0 Å². The van der Waals surface area contributed by atoms with Crippen LogP contribution in [0.1, 0.15) is 13.8 Å². The summed E-state index contributed by atoms with van der Waals surface area (Å²) in [6.45, 7) is 2.28. The van der Waals surface area contributed by atoms with Crippen LogP contribution in [0.2, 0.25) is 0 Å². The van der Waals surface area contributed by atoms with Gasteiger partial charge in [-0.05, 0) is 12.1 Å². The molecule has 1 aromatic rings. The number of halogens is 2. The second kappa shape index (κ2) is 5.29. The standard InChI is InChI=1S/C11H10F2N2O2/c1-6(16)10(7(2)17)14-15-11-8(12)4-3-5-9(11)13/h3-5,15H,1-2H3. The van der Waals surface area contributed by atoms with E-state index in [2.05, 4.69) is 5.10 Å². The van der Waals surface area contributed by atoms with Crippen LogP contribution in [0.3, 0.4) is 0 Å². The minimum atomic E-state index is -0.861. The lowest BCUT2D eigenvalue weighted by Gasteiger charge is -2.04. The van der Waals surface area contributed by atoms with Gasteiger partial charge in [0.05, 0.1) is 0 Å². The Morgan fingerprint density at radius 2 is 1.59 bits per heavy atom. The summed E-state index contributed by atoms with van der Waals surface area (Å²) in [4.78, 5) is 22.0. The number of hydrogen-bond acceptors (Lipinski definition) is 4. The average molecular weight is 240 g/mol. The number of ketones is 2. The fourth-order valence-corrected chi connectivity index (χ4v) is 1.12. The maximum atomic E-state index is 13.2. The molecule has 0 aliphatic heterocycles. The Hall–Kier alpha value is -2.11. The predicted molar refractivity (Wildman–Crippen MR) is 58.8 cm³/mol. The molecule has 0 saturated carbocycles. The highest BCUT2D eigenvalue weighted by molar-refractivity contribution is 6.65. The van der Waals surface area contributed by atoms with Crippen LogP contribution in [0.15, 0.2) is 23.3 Å². The van der Waals surface area contributed by atoms with Crippen molar-refractivity contribution < 1.29 is 18.4 Å². The Morgan fingerprint density at radius 1 is 1.12 bits per heavy atom. The molecule has 6 heteroatoms. The van der Waals surface area contributed by atoms with Crippen LogP contribution in [-0.2, 0) is 9.59 Å². The molecule has 1 aromatic carbocycles. The number of carbonyl (C=O) groups is 2. The fraction of sp³-hybridized carbons (Fsp3) is 0.182. The van der Waals surface area contributed by atoms with E-state index in [1.807, 2.05) is 5.43 Å². The molecule has 0 heterocycles. The number of rotatable bonds is 4. The zero-order chi connectivity index (χ0) is 13.0. The molecule has 0 radical (unpaired) electrons. The van der Waals surface area contributed by atoms with E-state index >= 15 is 0 Å². The third-order valence-corrected chi connectivity index (χ3v) is 1.91. The molecule has 17 heavy (non-hydrogen) atoms. The molecular weight excluding hydrogens is 230 g/mol. The van der Waals surface area contributed by atoms with Crippen LogP contribution in [0.5, 0.6) is 0 Å². The molecule has 1 rings (SSSR count). The minimum absolute atomic E-state index is 0.396. The van der Waals surface area contributed by atoms with Gasteiger partial charge in [0.1, 0.15) is 5.69 Å². The first kappa shape index (κ1) is 13.0. The van der Waals surface area contributed by atoms with Gasteiger partial charge in [0, 0.05) is 13.8 Å². The van der Waals surface area contributed by atoms with Crippen molar-refractivity contribution in [2.24, 2.45) is 5.10 Å². The first-order chi connectivity index (χ1) is 7.93. The molecule has 90 valence electrons. The number of benzene rings is 1. The summed E-state index contributed by atoms with van der Waals surface area (Å²) in [6.07, 6.45) is 0. The Bertz CT molecular complexity index is 462. The van der Waals surface area contributed by atoms with Crippen LogP contribution < -0.4 is 5.43 Å². The largest absolute Gasteiger partial charge is 0.293 e. The third kappa shape index (κ3) is 3.17. The lowest BCUT2D eigenvalue weighted by atomic mass is 10.2. The number of anilines is 1. The smallest absolute Gasteiger partial charge is 0.183 e. The summed E-state index contributed by atoms with van der Waals surface area (Å²) in [5.41, 5.74) is 1.14. The maximum absolute atomic E-state index is 13.2. The normalized spacial score (nSPS) is 9.65. The molecule has 0 aliphatic carbocycles. The van der Waals surface area contributed by atoms with E-state index in [9.17, 15) is 18.4 Å². The van der Waals surface area contributed by atoms with Gasteiger partial charge >= 0.3 is 0 Å². The van der Waals surface area contributed by atoms with Crippen molar-refractivity contribution in [3.63, 3.8) is 0 Å². The number of carbonyl (C=O) groups excluding carboxylic acids is 2. The second-order valence-corrected chi connectivity index (χ2v) is 3.28. The first-order valence-electron chi connectivity index (χ1n) is 4.73. The van der Waals surface area contributed by atoms with Crippen molar-refractivity contribution in [2.75, 3.05) is 5.43 Å². The molecule has 0 aromatic heterocycles. The van der Waals surface area contributed by atoms with E-state index in [-0.39, 0.29) is 0 Å². The number of nitrogens with one attached hydrogen (secondary N) is 1. The van der Waals surface area contributed by atoms with Gasteiger partial charge in [0.25, 0.3) is 0 Å². The van der Waals surface area contributed by atoms with Crippen LogP contribution in [0, 0.1) is 11.6 Å². The monoisotopic (exact) mass is 240 g/mol. The Balaban J connectivity index is 3.03. The van der Waals surface area contributed by atoms with Gasteiger partial charge in [-0.2, -0.15) is 5.10 Å². The van der Waals surface area contributed by atoms with Crippen molar-refractivity contribution in [2.45, 2.75) is 13.8 Å². The quantitative estimate of drug-likeness (QED) is 0.497. The SMILES string of the molecule is CC(=O)C(=NNc1c(F)cccc1F)C(C)=O. The molecule has 0 atom stereocenters. The van der Waals surface area contributed by atoms with E-state index in [1.54, 1.807) is 0 Å². The average Bonchev–Trinajstić information content (AvgIpc) is 2.21. The van der Waals surface area contributed by atoms with Crippen molar-refractivity contribution in [1.82, 2.24) is 0 Å². The topological polar surface area (TPSA) is 58.5 Å². The van der Waals surface area contributed by atoms with Gasteiger partial charge in [-0.15, -0.1) is 0 Å². The molecular formula is C11H10F2N2O2. The van der Waals surface area contributed by atoms with Crippen molar-refractivity contribution in [3.05, 3.63) is 29.8 Å². The lowest BCUT2D eigenvalue weighted by molar-refractivity contribution is -0.114. The van der Waals surface area contributed by atoms with Gasteiger partial charge in [-0.25, -0.2) is 8.78 Å². The lowest BCUT2D eigenvalue weighted by Crippen LogP contribution is -2.20. The van der Waals surface area contributed by atoms with Crippen LogP contribution >= 0.6 is 0 Å². The predicted octanol–water partition coefficient (Wildman–Crippen LogP) is 1.91. The Kier molecular flexibility index (Phi) is 4.03. The van der Waals surface area contributed by atoms with Crippen LogP contribution in [0.25, 0.3) is 0 Å². The highest BCUT2D eigenvalue weighted by Gasteiger charge is 2.13. The number of hydrazone groups is 1. The molecule has 0 spiro atoms. The van der Waals surface area contributed by atoms with Gasteiger partial charge < -0.3 is 0 Å². The Morgan fingerprint density at radius 3 is 2.00 bits per heavy atom. The molecule has 0 amide bonds. The van der Waals surface area contributed by atoms with Gasteiger partial charge in [-0.1, -0.05) is 6.07 Å². The molecule has 1 N–H and O–H groups in total. The van der Waals surface area contributed by atoms with Crippen molar-refractivity contribution in [1.29, 1.82) is 0 Å². The molecule has 0 fully saturated rings. The van der Waals surface area contributed by atoms with Crippen LogP contribution in [0.4, 0.5) is 14.5 Å². The number of para-hydroxylation sites is 1. The van der Waals surface area contributed by atoms with Crippen molar-refractivity contribution >= 4 is 23.0 Å². The van der Waals surface area contributed by atoms with Gasteiger partial charge in [0.15, 0.2) is 28.9 Å². The van der Waals surface area contributed by atoms with Crippen molar-refractivity contribution in [3.8, 4) is 0 Å². The second-order valence-electron chi connectivity index (χ2n) is 3.28. The summed E-state index contributed by atoms with van der Waals surface area (Å²) >= 11 is 0. The highest BCUT2D eigenvalue weighted by Crippen LogP contribution is 2.17. The summed E-state index contributed by atoms with van der Waals surface area (Å²) < 4.78 is 26.3. The number of nitrogens with zero attached hydrogens (tertiary/aromatic N) is 1. The molecule has 0 saturated heterocycles. The Labute approximate surface area is 96.3 Å². The minimum Gasteiger partial charge on any atom is -0.293 e. The molecule has 0 bridgehead atoms. The first-order valence-corrected chi connectivity index (χ1v) is 4.73. The zero-order valence-electron chi connectivity index (χ0n) is 9.25. The third-order valence-electron chi connectivity index (χ3n) is 1.91. The number of Topliss-reactive ketones (excluding diaryl/α,β-unsaturated/α-hetero) is 2. The summed E-state index contributed by atoms with van der Waals surface area (Å²) in [6, 6.07) is 3.25. The van der Waals surface area contributed by atoms with E-state index in [0.717, 1.165) is 26.0 Å². The summed E-state index contributed by atoms with van der Waals surface area (Å²) in [7, 11) is 0. The van der Waals surface area contributed by atoms with Crippen LogP contribution in [-0.4, -0.2) is 17.3 Å². The van der Waals surface area contributed by atoms with Gasteiger partial charge in [0.2, 0.25) is 0 Å². The fourth-order valence-electron chi connectivity index (χ4n) is 1.12. The maximum Gasteiger partial charge on any atom is 0.183 e. The van der Waals surface area contributed by atoms with E-state index in [1.165, 1.54) is 6.07 Å². The summed E-state index contributed by atoms with van der Waals surface area (Å²) in [5, 5.41) is 3.40. The highest BCUT2D eigenvalue weighted by atomic mass is 19.1. The van der Waals surface area contributed by atoms with E-state index in [4.69, 9.17) is 0 Å².